The monoisotopic (exact) mass is 368 g/mol. The number of nitrogens with one attached hydrogen (secondary N) is 2. The average molecular weight is 368 g/mol. The summed E-state index contributed by atoms with van der Waals surface area (Å²) < 4.78 is 5.00. The fourth-order valence-corrected chi connectivity index (χ4v) is 3.03. The van der Waals surface area contributed by atoms with Crippen molar-refractivity contribution >= 4 is 34.2 Å². The second kappa shape index (κ2) is 7.24. The maximum Gasteiger partial charge on any atom is 0.411 e. The van der Waals surface area contributed by atoms with Crippen molar-refractivity contribution in [2.75, 3.05) is 18.9 Å². The number of nitrogens with two attached hydrogens (primary N) is 2. The van der Waals surface area contributed by atoms with Crippen LogP contribution in [0.25, 0.3) is 10.8 Å². The van der Waals surface area contributed by atoms with Crippen molar-refractivity contribution in [2.45, 2.75) is 26.3 Å². The molecule has 1 aromatic heterocycles. The topological polar surface area (TPSA) is 128 Å². The number of carbonyl (C=O) groups excluding carboxylic acids is 1. The third-order valence-corrected chi connectivity index (χ3v) is 4.44. The molecule has 0 saturated heterocycles. The highest BCUT2D eigenvalue weighted by Crippen LogP contribution is 2.28. The number of fused-ring (bicyclic) bond motifs is 1. The van der Waals surface area contributed by atoms with Gasteiger partial charge in [-0.2, -0.15) is 0 Å². The van der Waals surface area contributed by atoms with Crippen LogP contribution in [-0.4, -0.2) is 35.6 Å². The minimum atomic E-state index is -0.520. The summed E-state index contributed by atoms with van der Waals surface area (Å²) in [6, 6.07) is 7.40. The van der Waals surface area contributed by atoms with Crippen LogP contribution in [0.1, 0.15) is 20.8 Å². The van der Waals surface area contributed by atoms with Gasteiger partial charge in [-0.3, -0.25) is 5.32 Å². The molecule has 142 valence electrons. The number of aliphatic imine (C=N–C) groups is 1. The van der Waals surface area contributed by atoms with Gasteiger partial charge in [-0.25, -0.2) is 14.8 Å². The Morgan fingerprint density at radius 3 is 2.93 bits per heavy atom. The van der Waals surface area contributed by atoms with Gasteiger partial charge < -0.3 is 21.5 Å². The molecule has 1 aromatic carbocycles. The zero-order chi connectivity index (χ0) is 19.6. The van der Waals surface area contributed by atoms with Crippen LogP contribution in [0.2, 0.25) is 0 Å². The van der Waals surface area contributed by atoms with Crippen LogP contribution in [-0.2, 0) is 4.74 Å². The molecule has 8 nitrogen and oxygen atoms in total. The van der Waals surface area contributed by atoms with Gasteiger partial charge in [-0.05, 0) is 50.4 Å². The van der Waals surface area contributed by atoms with Gasteiger partial charge in [0.2, 0.25) is 0 Å². The number of amidine groups is 1. The Morgan fingerprint density at radius 1 is 1.41 bits per heavy atom. The lowest BCUT2D eigenvalue weighted by atomic mass is 10.0. The van der Waals surface area contributed by atoms with Crippen molar-refractivity contribution in [1.29, 1.82) is 0 Å². The lowest BCUT2D eigenvalue weighted by Gasteiger charge is -2.23. The van der Waals surface area contributed by atoms with Gasteiger partial charge in [-0.1, -0.05) is 0 Å². The molecular formula is C19H24N6O2. The van der Waals surface area contributed by atoms with E-state index in [0.717, 1.165) is 10.8 Å². The Bertz CT molecular complexity index is 948. The summed E-state index contributed by atoms with van der Waals surface area (Å²) in [4.78, 5) is 20.8. The quantitative estimate of drug-likeness (QED) is 0.372. The summed E-state index contributed by atoms with van der Waals surface area (Å²) in [6.45, 7) is 6.42. The van der Waals surface area contributed by atoms with Crippen LogP contribution in [0, 0.1) is 0 Å². The first-order valence-electron chi connectivity index (χ1n) is 8.73. The number of rotatable bonds is 4. The van der Waals surface area contributed by atoms with E-state index in [1.165, 1.54) is 0 Å². The summed E-state index contributed by atoms with van der Waals surface area (Å²) in [5.74, 6) is 0.786. The molecule has 0 fully saturated rings. The number of hydrogen-bond acceptors (Lipinski definition) is 6. The van der Waals surface area contributed by atoms with Crippen LogP contribution in [0.3, 0.4) is 0 Å². The van der Waals surface area contributed by atoms with Crippen molar-refractivity contribution in [3.05, 3.63) is 41.7 Å². The van der Waals surface area contributed by atoms with E-state index in [9.17, 15) is 4.79 Å². The zero-order valence-electron chi connectivity index (χ0n) is 15.7. The number of nitrogen functional groups attached to an aromatic ring is 1. The van der Waals surface area contributed by atoms with E-state index in [4.69, 9.17) is 16.2 Å². The molecule has 0 unspecified atom stereocenters. The molecule has 2 heterocycles. The van der Waals surface area contributed by atoms with Gasteiger partial charge in [0.15, 0.2) is 5.82 Å². The summed E-state index contributed by atoms with van der Waals surface area (Å²) in [7, 11) is 0. The molecule has 0 saturated carbocycles. The van der Waals surface area contributed by atoms with Gasteiger partial charge >= 0.3 is 6.09 Å². The number of pyridine rings is 1. The molecule has 3 rings (SSSR count). The molecule has 2 aromatic rings. The smallest absolute Gasteiger partial charge is 0.411 e. The number of amides is 1. The lowest BCUT2D eigenvalue weighted by molar-refractivity contribution is 0.153. The van der Waals surface area contributed by atoms with Gasteiger partial charge in [0.25, 0.3) is 0 Å². The molecule has 0 bridgehead atoms. The van der Waals surface area contributed by atoms with E-state index in [-0.39, 0.29) is 12.4 Å². The maximum absolute atomic E-state index is 11.9. The standard InChI is InChI=1S/C19H24N6O2/c1-4-27-18(26)24-15-14(10-23-19(15,2)3)16(21)25-17-13-6-5-12(20)9-11(13)7-8-22-17/h5-9,23H,4,10,20H2,1-3H3,(H,24,26)(H2,21,22,25). The minimum absolute atomic E-state index is 0.287. The fraction of sp³-hybridized carbons (Fsp3) is 0.316. The second-order valence-corrected chi connectivity index (χ2v) is 6.79. The highest BCUT2D eigenvalue weighted by molar-refractivity contribution is 6.03. The highest BCUT2D eigenvalue weighted by Gasteiger charge is 2.35. The molecule has 0 aliphatic carbocycles. The van der Waals surface area contributed by atoms with E-state index >= 15 is 0 Å². The molecule has 6 N–H and O–H groups in total. The van der Waals surface area contributed by atoms with Crippen LogP contribution >= 0.6 is 0 Å². The third-order valence-electron chi connectivity index (χ3n) is 4.44. The van der Waals surface area contributed by atoms with Crippen molar-refractivity contribution in [3.8, 4) is 0 Å². The Labute approximate surface area is 157 Å². The summed E-state index contributed by atoms with van der Waals surface area (Å²) in [6.07, 6.45) is 1.14. The van der Waals surface area contributed by atoms with Crippen molar-refractivity contribution < 1.29 is 9.53 Å². The Morgan fingerprint density at radius 2 is 2.19 bits per heavy atom. The van der Waals surface area contributed by atoms with E-state index in [0.29, 0.717) is 29.3 Å². The van der Waals surface area contributed by atoms with Crippen LogP contribution in [0.15, 0.2) is 46.7 Å². The van der Waals surface area contributed by atoms with Crippen LogP contribution in [0.4, 0.5) is 16.3 Å². The van der Waals surface area contributed by atoms with Gasteiger partial charge in [0.1, 0.15) is 5.84 Å². The second-order valence-electron chi connectivity index (χ2n) is 6.79. The van der Waals surface area contributed by atoms with Crippen molar-refractivity contribution in [3.63, 3.8) is 0 Å². The minimum Gasteiger partial charge on any atom is -0.450 e. The number of alkyl carbamates (subject to hydrolysis) is 1. The summed E-state index contributed by atoms with van der Waals surface area (Å²) >= 11 is 0. The predicted octanol–water partition coefficient (Wildman–Crippen LogP) is 2.19. The lowest BCUT2D eigenvalue weighted by Crippen LogP contribution is -2.42. The first-order chi connectivity index (χ1) is 12.8. The average Bonchev–Trinajstić information content (AvgIpc) is 2.90. The number of ether oxygens (including phenoxy) is 1. The molecule has 0 radical (unpaired) electrons. The van der Waals surface area contributed by atoms with Crippen LogP contribution in [0.5, 0.6) is 0 Å². The van der Waals surface area contributed by atoms with Crippen molar-refractivity contribution in [1.82, 2.24) is 15.6 Å². The fourth-order valence-electron chi connectivity index (χ4n) is 3.03. The first-order valence-corrected chi connectivity index (χ1v) is 8.73. The summed E-state index contributed by atoms with van der Waals surface area (Å²) in [5, 5.41) is 7.88. The van der Waals surface area contributed by atoms with Gasteiger partial charge in [-0.15, -0.1) is 0 Å². The Kier molecular flexibility index (Phi) is 5.00. The summed E-state index contributed by atoms with van der Waals surface area (Å²) in [5.41, 5.74) is 13.7. The van der Waals surface area contributed by atoms with E-state index < -0.39 is 11.6 Å². The first kappa shape index (κ1) is 18.7. The number of benzene rings is 1. The van der Waals surface area contributed by atoms with Gasteiger partial charge in [0.05, 0.1) is 12.1 Å². The molecule has 1 aliphatic rings. The van der Waals surface area contributed by atoms with E-state index in [1.807, 2.05) is 32.0 Å². The third kappa shape index (κ3) is 3.85. The number of anilines is 1. The van der Waals surface area contributed by atoms with E-state index in [1.54, 1.807) is 19.2 Å². The SMILES string of the molecule is CCOC(=O)NC1=C(C(N)=Nc2nccc3cc(N)ccc23)CNC1(C)C. The molecule has 1 aliphatic heterocycles. The number of nitrogens with zero attached hydrogens (tertiary/aromatic N) is 2. The van der Waals surface area contributed by atoms with Crippen molar-refractivity contribution in [2.24, 2.45) is 10.7 Å². The van der Waals surface area contributed by atoms with Gasteiger partial charge in [0, 0.05) is 35.1 Å². The number of hydrogen-bond donors (Lipinski definition) is 4. The highest BCUT2D eigenvalue weighted by atomic mass is 16.5. The molecule has 0 spiro atoms. The van der Waals surface area contributed by atoms with Crippen LogP contribution < -0.4 is 22.1 Å². The maximum atomic E-state index is 11.9. The Balaban J connectivity index is 2.02. The number of carbonyl (C=O) groups is 1. The zero-order valence-corrected chi connectivity index (χ0v) is 15.7. The predicted molar refractivity (Wildman–Crippen MR) is 107 cm³/mol. The Hall–Kier alpha value is -3.13. The molecule has 8 heteroatoms. The largest absolute Gasteiger partial charge is 0.450 e. The number of aromatic nitrogens is 1. The molecule has 0 atom stereocenters. The molecular weight excluding hydrogens is 344 g/mol. The molecule has 1 amide bonds. The molecule has 27 heavy (non-hydrogen) atoms. The normalized spacial score (nSPS) is 16.6. The van der Waals surface area contributed by atoms with E-state index in [2.05, 4.69) is 20.6 Å².